The molecule has 0 unspecified atom stereocenters. The van der Waals surface area contributed by atoms with Crippen LogP contribution in [0.3, 0.4) is 0 Å². The van der Waals surface area contributed by atoms with Crippen molar-refractivity contribution in [3.05, 3.63) is 46.3 Å². The largest absolute Gasteiger partial charge is 0.493 e. The van der Waals surface area contributed by atoms with Crippen molar-refractivity contribution in [1.29, 1.82) is 0 Å². The summed E-state index contributed by atoms with van der Waals surface area (Å²) in [6.07, 6.45) is 9.23. The third-order valence-corrected chi connectivity index (χ3v) is 7.23. The van der Waals surface area contributed by atoms with Crippen molar-refractivity contribution in [2.24, 2.45) is 5.92 Å². The molecule has 0 saturated heterocycles. The van der Waals surface area contributed by atoms with E-state index in [1.54, 1.807) is 21.1 Å². The Kier molecular flexibility index (Phi) is 7.41. The second-order valence-corrected chi connectivity index (χ2v) is 9.24. The molecule has 1 N–H and O–H groups in total. The Hall–Kier alpha value is -2.76. The number of nitrogens with one attached hydrogen (secondary N) is 1. The van der Waals surface area contributed by atoms with E-state index in [1.807, 2.05) is 18.2 Å². The lowest BCUT2D eigenvalue weighted by atomic mass is 9.79. The van der Waals surface area contributed by atoms with Gasteiger partial charge in [-0.2, -0.15) is 0 Å². The first-order valence-corrected chi connectivity index (χ1v) is 12.2. The van der Waals surface area contributed by atoms with E-state index in [9.17, 15) is 9.59 Å². The number of Topliss-reactive ketones (excluding diaryl/α,β-unsaturated/α-hetero) is 1. The molecule has 1 fully saturated rings. The Balaban J connectivity index is 1.62. The van der Waals surface area contributed by atoms with E-state index in [4.69, 9.17) is 14.2 Å². The van der Waals surface area contributed by atoms with Crippen LogP contribution >= 0.6 is 0 Å². The van der Waals surface area contributed by atoms with Gasteiger partial charge in [0.25, 0.3) is 0 Å². The van der Waals surface area contributed by atoms with Crippen molar-refractivity contribution < 1.29 is 23.8 Å². The van der Waals surface area contributed by atoms with Crippen LogP contribution < -0.4 is 9.47 Å². The van der Waals surface area contributed by atoms with E-state index < -0.39 is 0 Å². The van der Waals surface area contributed by atoms with Crippen LogP contribution in [-0.2, 0) is 17.6 Å². The average molecular weight is 454 g/mol. The molecule has 0 bridgehead atoms. The first-order valence-electron chi connectivity index (χ1n) is 12.2. The number of rotatable bonds is 8. The van der Waals surface area contributed by atoms with Gasteiger partial charge in [-0.15, -0.1) is 0 Å². The highest BCUT2D eigenvalue weighted by atomic mass is 16.5. The van der Waals surface area contributed by atoms with Crippen LogP contribution in [-0.4, -0.2) is 37.6 Å². The zero-order valence-corrected chi connectivity index (χ0v) is 20.0. The molecule has 0 amide bonds. The number of esters is 1. The summed E-state index contributed by atoms with van der Waals surface area (Å²) in [6.45, 7) is 2.12. The number of ether oxygens (including phenoxy) is 3. The van der Waals surface area contributed by atoms with E-state index in [0.717, 1.165) is 35.2 Å². The van der Waals surface area contributed by atoms with Crippen molar-refractivity contribution in [3.63, 3.8) is 0 Å². The molecule has 1 atom stereocenters. The number of aromatic nitrogens is 1. The van der Waals surface area contributed by atoms with E-state index >= 15 is 0 Å². The number of hydrogen-bond acceptors (Lipinski definition) is 5. The number of benzene rings is 1. The van der Waals surface area contributed by atoms with Gasteiger partial charge in [0.05, 0.1) is 20.8 Å². The molecular formula is C27H35NO5. The lowest BCUT2D eigenvalue weighted by Crippen LogP contribution is -2.19. The normalized spacial score (nSPS) is 18.6. The molecule has 2 aromatic rings. The number of ketones is 1. The van der Waals surface area contributed by atoms with Crippen LogP contribution in [0.5, 0.6) is 11.5 Å². The van der Waals surface area contributed by atoms with Gasteiger partial charge < -0.3 is 19.2 Å². The van der Waals surface area contributed by atoms with Gasteiger partial charge in [-0.25, -0.2) is 4.79 Å². The lowest BCUT2D eigenvalue weighted by molar-refractivity contribution is 0.0518. The minimum Gasteiger partial charge on any atom is -0.493 e. The topological polar surface area (TPSA) is 77.6 Å². The van der Waals surface area contributed by atoms with Crippen LogP contribution in [0.15, 0.2) is 18.2 Å². The maximum absolute atomic E-state index is 13.4. The van der Waals surface area contributed by atoms with E-state index in [-0.39, 0.29) is 17.7 Å². The van der Waals surface area contributed by atoms with Crippen molar-refractivity contribution in [2.75, 3.05) is 20.8 Å². The smallest absolute Gasteiger partial charge is 0.355 e. The molecule has 6 heteroatoms. The summed E-state index contributed by atoms with van der Waals surface area (Å²) in [5, 5.41) is 0. The van der Waals surface area contributed by atoms with Crippen LogP contribution in [0.1, 0.15) is 95.5 Å². The first-order chi connectivity index (χ1) is 16.0. The van der Waals surface area contributed by atoms with Gasteiger partial charge in [-0.05, 0) is 61.3 Å². The van der Waals surface area contributed by atoms with Crippen LogP contribution in [0.2, 0.25) is 0 Å². The fourth-order valence-electron chi connectivity index (χ4n) is 5.52. The molecule has 1 aromatic carbocycles. The Labute approximate surface area is 196 Å². The van der Waals surface area contributed by atoms with Crippen molar-refractivity contribution in [1.82, 2.24) is 4.98 Å². The highest BCUT2D eigenvalue weighted by Gasteiger charge is 2.34. The molecule has 0 aliphatic heterocycles. The molecule has 178 valence electrons. The number of methoxy groups -OCH3 is 2. The molecule has 1 heterocycles. The summed E-state index contributed by atoms with van der Waals surface area (Å²) in [5.74, 6) is 1.75. The zero-order chi connectivity index (χ0) is 23.4. The van der Waals surface area contributed by atoms with Gasteiger partial charge in [-0.1, -0.05) is 38.2 Å². The van der Waals surface area contributed by atoms with Crippen LogP contribution in [0, 0.1) is 5.92 Å². The van der Waals surface area contributed by atoms with Gasteiger partial charge in [0.2, 0.25) is 0 Å². The highest BCUT2D eigenvalue weighted by molar-refractivity contribution is 6.04. The van der Waals surface area contributed by atoms with Crippen LogP contribution in [0.25, 0.3) is 0 Å². The monoisotopic (exact) mass is 453 g/mol. The summed E-state index contributed by atoms with van der Waals surface area (Å²) in [7, 11) is 3.22. The Morgan fingerprint density at radius 1 is 1.06 bits per heavy atom. The number of H-pyrrole nitrogens is 1. The Morgan fingerprint density at radius 3 is 2.52 bits per heavy atom. The minimum atomic E-state index is -0.360. The molecule has 2 aliphatic carbocycles. The number of fused-ring (bicyclic) bond motifs is 1. The predicted octanol–water partition coefficient (Wildman–Crippen LogP) is 5.63. The van der Waals surface area contributed by atoms with Gasteiger partial charge in [0.15, 0.2) is 17.3 Å². The maximum Gasteiger partial charge on any atom is 0.355 e. The molecule has 0 spiro atoms. The molecular weight excluding hydrogens is 418 g/mol. The molecule has 4 rings (SSSR count). The van der Waals surface area contributed by atoms with Crippen molar-refractivity contribution >= 4 is 11.8 Å². The predicted molar refractivity (Wildman–Crippen MR) is 127 cm³/mol. The molecule has 1 aromatic heterocycles. The van der Waals surface area contributed by atoms with Gasteiger partial charge in [0.1, 0.15) is 5.69 Å². The standard InChI is InChI=1S/C27H35NO5/c1-4-33-27(30)26-20(12-10-17-8-6-5-7-9-17)25-21(28-26)14-19(15-22(25)29)18-11-13-23(31-2)24(16-18)32-3/h11,13,16-17,19,28H,4-10,12,14-15H2,1-3H3/t19-/m1/s1. The van der Waals surface area contributed by atoms with Gasteiger partial charge in [0, 0.05) is 17.7 Å². The SMILES string of the molecule is CCOC(=O)c1[nH]c2c(c1CCC1CCCCC1)C(=O)C[C@H](c1ccc(OC)c(OC)c1)C2. The maximum atomic E-state index is 13.4. The first kappa shape index (κ1) is 23.4. The van der Waals surface area contributed by atoms with Gasteiger partial charge in [-0.3, -0.25) is 4.79 Å². The second kappa shape index (κ2) is 10.4. The third-order valence-electron chi connectivity index (χ3n) is 7.23. The van der Waals surface area contributed by atoms with E-state index in [1.165, 1.54) is 32.1 Å². The van der Waals surface area contributed by atoms with E-state index in [0.29, 0.717) is 42.6 Å². The second-order valence-electron chi connectivity index (χ2n) is 9.24. The zero-order valence-electron chi connectivity index (χ0n) is 20.0. The fourth-order valence-corrected chi connectivity index (χ4v) is 5.52. The molecule has 6 nitrogen and oxygen atoms in total. The quantitative estimate of drug-likeness (QED) is 0.524. The van der Waals surface area contributed by atoms with Crippen molar-refractivity contribution in [2.45, 2.75) is 70.6 Å². The molecule has 33 heavy (non-hydrogen) atoms. The van der Waals surface area contributed by atoms with Gasteiger partial charge >= 0.3 is 5.97 Å². The summed E-state index contributed by atoms with van der Waals surface area (Å²) in [5.41, 5.74) is 3.95. The number of aromatic amines is 1. The Bertz CT molecular complexity index is 1000. The molecule has 2 aliphatic rings. The summed E-state index contributed by atoms with van der Waals surface area (Å²) in [6, 6.07) is 5.81. The summed E-state index contributed by atoms with van der Waals surface area (Å²) >= 11 is 0. The average Bonchev–Trinajstić information content (AvgIpc) is 3.22. The van der Waals surface area contributed by atoms with Crippen LogP contribution in [0.4, 0.5) is 0 Å². The molecule has 1 saturated carbocycles. The lowest BCUT2D eigenvalue weighted by Gasteiger charge is -2.24. The molecule has 0 radical (unpaired) electrons. The minimum absolute atomic E-state index is 0.0182. The number of carbonyl (C=O) groups is 2. The highest BCUT2D eigenvalue weighted by Crippen LogP contribution is 2.39. The number of hydrogen-bond donors (Lipinski definition) is 1. The summed E-state index contributed by atoms with van der Waals surface area (Å²) < 4.78 is 16.1. The number of carbonyl (C=O) groups excluding carboxylic acids is 2. The fraction of sp³-hybridized carbons (Fsp3) is 0.556. The summed E-state index contributed by atoms with van der Waals surface area (Å²) in [4.78, 5) is 29.4. The van der Waals surface area contributed by atoms with E-state index in [2.05, 4.69) is 4.98 Å². The third kappa shape index (κ3) is 4.94. The Morgan fingerprint density at radius 2 is 1.82 bits per heavy atom. The van der Waals surface area contributed by atoms with Crippen molar-refractivity contribution in [3.8, 4) is 11.5 Å².